The van der Waals surface area contributed by atoms with Gasteiger partial charge < -0.3 is 4.74 Å². The number of carbonyl (C=O) groups is 2. The van der Waals surface area contributed by atoms with Gasteiger partial charge in [0.15, 0.2) is 5.12 Å². The number of rotatable bonds is 4. The van der Waals surface area contributed by atoms with Crippen molar-refractivity contribution in [2.24, 2.45) is 23.7 Å². The molecule has 3 nitrogen and oxygen atoms in total. The number of thioether (sulfide) groups is 1. The van der Waals surface area contributed by atoms with Crippen LogP contribution in [0.3, 0.4) is 0 Å². The molecule has 1 heterocycles. The van der Waals surface area contributed by atoms with Crippen LogP contribution in [-0.4, -0.2) is 22.9 Å². The Kier molecular flexibility index (Phi) is 2.93. The minimum atomic E-state index is -0.102. The van der Waals surface area contributed by atoms with Gasteiger partial charge in [0.2, 0.25) is 0 Å². The van der Waals surface area contributed by atoms with Crippen molar-refractivity contribution in [3.05, 3.63) is 0 Å². The summed E-state index contributed by atoms with van der Waals surface area (Å²) in [6.45, 7) is 2.13. The van der Waals surface area contributed by atoms with E-state index in [9.17, 15) is 9.59 Å². The van der Waals surface area contributed by atoms with Crippen LogP contribution in [0.15, 0.2) is 0 Å². The molecular weight excluding hydrogens is 236 g/mol. The van der Waals surface area contributed by atoms with Crippen molar-refractivity contribution in [3.63, 3.8) is 0 Å². The van der Waals surface area contributed by atoms with Crippen LogP contribution in [0.25, 0.3) is 0 Å². The first kappa shape index (κ1) is 11.6. The third-order valence-electron chi connectivity index (χ3n) is 4.50. The maximum absolute atomic E-state index is 12.2. The summed E-state index contributed by atoms with van der Waals surface area (Å²) in [7, 11) is 0. The van der Waals surface area contributed by atoms with Crippen LogP contribution in [0.2, 0.25) is 0 Å². The molecule has 1 aliphatic heterocycles. The highest BCUT2D eigenvalue weighted by Gasteiger charge is 2.63. The lowest BCUT2D eigenvalue weighted by Gasteiger charge is -2.22. The second-order valence-electron chi connectivity index (χ2n) is 5.44. The molecular formula is C13H18O3S. The van der Waals surface area contributed by atoms with Crippen LogP contribution in [0.1, 0.15) is 32.6 Å². The number of esters is 1. The Balaban J connectivity index is 1.68. The molecule has 2 saturated carbocycles. The van der Waals surface area contributed by atoms with E-state index in [1.807, 2.05) is 0 Å². The van der Waals surface area contributed by atoms with Crippen molar-refractivity contribution in [3.8, 4) is 0 Å². The van der Waals surface area contributed by atoms with Crippen LogP contribution in [0.5, 0.6) is 0 Å². The largest absolute Gasteiger partial charge is 0.462 e. The lowest BCUT2D eigenvalue weighted by Crippen LogP contribution is -2.31. The predicted octanol–water partition coefficient (Wildman–Crippen LogP) is 2.24. The molecule has 0 N–H and O–H groups in total. The van der Waals surface area contributed by atoms with Gasteiger partial charge in [0.1, 0.15) is 6.10 Å². The van der Waals surface area contributed by atoms with E-state index in [0.29, 0.717) is 11.8 Å². The van der Waals surface area contributed by atoms with E-state index in [1.54, 1.807) is 0 Å². The van der Waals surface area contributed by atoms with Crippen molar-refractivity contribution in [1.29, 1.82) is 0 Å². The summed E-state index contributed by atoms with van der Waals surface area (Å²) < 4.78 is 5.34. The molecule has 3 fully saturated rings. The van der Waals surface area contributed by atoms with Gasteiger partial charge in [-0.3, -0.25) is 9.59 Å². The first-order valence-corrected chi connectivity index (χ1v) is 7.58. The highest BCUT2D eigenvalue weighted by Crippen LogP contribution is 2.58. The number of hydrogen-bond donors (Lipinski definition) is 0. The van der Waals surface area contributed by atoms with E-state index >= 15 is 0 Å². The van der Waals surface area contributed by atoms with Gasteiger partial charge >= 0.3 is 5.97 Å². The Morgan fingerprint density at radius 2 is 2.29 bits per heavy atom. The Bertz CT molecular complexity index is 353. The smallest absolute Gasteiger partial charge is 0.310 e. The van der Waals surface area contributed by atoms with Crippen LogP contribution >= 0.6 is 11.8 Å². The van der Waals surface area contributed by atoms with E-state index < -0.39 is 0 Å². The van der Waals surface area contributed by atoms with Crippen LogP contribution < -0.4 is 0 Å². The number of fused-ring (bicyclic) bond motifs is 1. The summed E-state index contributed by atoms with van der Waals surface area (Å²) >= 11 is 1.43. The molecule has 0 radical (unpaired) electrons. The monoisotopic (exact) mass is 254 g/mol. The van der Waals surface area contributed by atoms with Gasteiger partial charge in [-0.15, -0.1) is 0 Å². The zero-order valence-electron chi connectivity index (χ0n) is 10.1. The lowest BCUT2D eigenvalue weighted by atomic mass is 9.81. The molecule has 94 valence electrons. The van der Waals surface area contributed by atoms with Gasteiger partial charge in [0.05, 0.1) is 5.92 Å². The minimum absolute atomic E-state index is 0.0342. The van der Waals surface area contributed by atoms with E-state index in [4.69, 9.17) is 4.74 Å². The molecule has 1 saturated heterocycles. The fraction of sp³-hybridized carbons (Fsp3) is 0.846. The first-order valence-electron chi connectivity index (χ1n) is 6.59. The van der Waals surface area contributed by atoms with Crippen LogP contribution in [-0.2, 0) is 14.3 Å². The molecule has 17 heavy (non-hydrogen) atoms. The Hall–Kier alpha value is -0.510. The Morgan fingerprint density at radius 3 is 3.06 bits per heavy atom. The summed E-state index contributed by atoms with van der Waals surface area (Å²) in [6, 6.07) is 0. The van der Waals surface area contributed by atoms with E-state index in [0.717, 1.165) is 31.4 Å². The second kappa shape index (κ2) is 4.30. The summed E-state index contributed by atoms with van der Waals surface area (Å²) in [4.78, 5) is 24.0. The number of unbranched alkanes of at least 4 members (excludes halogenated alkanes) is 1. The second-order valence-corrected chi connectivity index (χ2v) is 6.54. The number of hydrogen-bond acceptors (Lipinski definition) is 4. The van der Waals surface area contributed by atoms with E-state index in [2.05, 4.69) is 6.92 Å². The molecule has 5 atom stereocenters. The highest BCUT2D eigenvalue weighted by molar-refractivity contribution is 8.13. The fourth-order valence-corrected chi connectivity index (χ4v) is 4.90. The first-order chi connectivity index (χ1) is 8.22. The third-order valence-corrected chi connectivity index (χ3v) is 5.55. The van der Waals surface area contributed by atoms with Gasteiger partial charge in [-0.25, -0.2) is 0 Å². The lowest BCUT2D eigenvalue weighted by molar-refractivity contribution is -0.144. The molecule has 0 amide bonds. The standard InChI is InChI=1S/C13H18O3S/c1-2-3-4-17-13(15)10-7-5-8-9(6-7)16-12(14)11(8)10/h7-11H,2-6H2,1H3. The third kappa shape index (κ3) is 1.72. The van der Waals surface area contributed by atoms with Crippen molar-refractivity contribution in [2.75, 3.05) is 5.75 Å². The Labute approximate surface area is 106 Å². The summed E-state index contributed by atoms with van der Waals surface area (Å²) in [6.07, 6.45) is 4.30. The highest BCUT2D eigenvalue weighted by atomic mass is 32.2. The summed E-state index contributed by atoms with van der Waals surface area (Å²) in [5, 5.41) is 0.244. The van der Waals surface area contributed by atoms with Gasteiger partial charge in [0.25, 0.3) is 0 Å². The zero-order valence-corrected chi connectivity index (χ0v) is 10.9. The summed E-state index contributed by atoms with van der Waals surface area (Å²) in [5.41, 5.74) is 0. The zero-order chi connectivity index (χ0) is 12.0. The van der Waals surface area contributed by atoms with Crippen molar-refractivity contribution >= 4 is 22.8 Å². The average molecular weight is 254 g/mol. The molecule has 4 heteroatoms. The fourth-order valence-electron chi connectivity index (χ4n) is 3.74. The normalized spacial score (nSPS) is 41.9. The quantitative estimate of drug-likeness (QED) is 0.570. The summed E-state index contributed by atoms with van der Waals surface area (Å²) in [5.74, 6) is 1.44. The number of ether oxygens (including phenoxy) is 1. The average Bonchev–Trinajstić information content (AvgIpc) is 2.89. The SMILES string of the molecule is CCCCSC(=O)C1C2CC3OC(=O)C1C3C2. The van der Waals surface area contributed by atoms with Crippen LogP contribution in [0, 0.1) is 23.7 Å². The number of carbonyl (C=O) groups excluding carboxylic acids is 2. The van der Waals surface area contributed by atoms with Gasteiger partial charge in [-0.05, 0) is 25.2 Å². The minimum Gasteiger partial charge on any atom is -0.462 e. The molecule has 0 aromatic carbocycles. The molecule has 3 rings (SSSR count). The molecule has 5 unspecified atom stereocenters. The molecule has 3 aliphatic rings. The van der Waals surface area contributed by atoms with Gasteiger partial charge in [0, 0.05) is 17.6 Å². The van der Waals surface area contributed by atoms with E-state index in [1.165, 1.54) is 11.8 Å². The van der Waals surface area contributed by atoms with Crippen molar-refractivity contribution in [2.45, 2.75) is 38.7 Å². The van der Waals surface area contributed by atoms with Crippen molar-refractivity contribution < 1.29 is 14.3 Å². The molecule has 0 aromatic heterocycles. The van der Waals surface area contributed by atoms with Crippen molar-refractivity contribution in [1.82, 2.24) is 0 Å². The molecule has 2 bridgehead atoms. The predicted molar refractivity (Wildman–Crippen MR) is 65.4 cm³/mol. The van der Waals surface area contributed by atoms with Crippen LogP contribution in [0.4, 0.5) is 0 Å². The van der Waals surface area contributed by atoms with E-state index in [-0.39, 0.29) is 29.0 Å². The molecule has 2 aliphatic carbocycles. The topological polar surface area (TPSA) is 43.4 Å². The maximum atomic E-state index is 12.2. The molecule has 0 aromatic rings. The van der Waals surface area contributed by atoms with Gasteiger partial charge in [-0.2, -0.15) is 0 Å². The Morgan fingerprint density at radius 1 is 1.47 bits per heavy atom. The maximum Gasteiger partial charge on any atom is 0.310 e. The van der Waals surface area contributed by atoms with Gasteiger partial charge in [-0.1, -0.05) is 25.1 Å². The molecule has 0 spiro atoms.